The number of carbonyl (C=O) groups is 3. The van der Waals surface area contributed by atoms with E-state index in [1.165, 1.54) is 0 Å². The molecule has 30 heavy (non-hydrogen) atoms. The van der Waals surface area contributed by atoms with Gasteiger partial charge in [-0.05, 0) is 30.5 Å². The van der Waals surface area contributed by atoms with E-state index in [2.05, 4.69) is 4.98 Å². The second-order valence-electron chi connectivity index (χ2n) is 7.52. The third kappa shape index (κ3) is 5.23. The van der Waals surface area contributed by atoms with E-state index in [0.717, 1.165) is 16.7 Å². The van der Waals surface area contributed by atoms with Gasteiger partial charge in [0, 0.05) is 57.0 Å². The molecule has 7 heteroatoms. The monoisotopic (exact) mass is 408 g/mol. The Balaban J connectivity index is 1.84. The maximum Gasteiger partial charge on any atom is 0.227 e. The van der Waals surface area contributed by atoms with Gasteiger partial charge in [0.05, 0.1) is 5.92 Å². The second-order valence-corrected chi connectivity index (χ2v) is 7.52. The minimum Gasteiger partial charge on any atom is -0.370 e. The topological polar surface area (TPSA) is 96.6 Å². The summed E-state index contributed by atoms with van der Waals surface area (Å²) in [7, 11) is 0. The van der Waals surface area contributed by atoms with Crippen molar-refractivity contribution in [2.75, 3.05) is 26.2 Å². The SMILES string of the molecule is CCN1CCN(C(=O)CCC(N)=O)CC(Cc2ccccc2-c2cccnc2)C1=O. The van der Waals surface area contributed by atoms with Crippen LogP contribution in [0, 0.1) is 5.92 Å². The molecule has 0 aliphatic carbocycles. The summed E-state index contributed by atoms with van der Waals surface area (Å²) < 4.78 is 0. The van der Waals surface area contributed by atoms with Crippen molar-refractivity contribution in [1.82, 2.24) is 14.8 Å². The van der Waals surface area contributed by atoms with Crippen LogP contribution < -0.4 is 5.73 Å². The molecule has 1 fully saturated rings. The fourth-order valence-electron chi connectivity index (χ4n) is 3.89. The lowest BCUT2D eigenvalue weighted by molar-refractivity contribution is -0.135. The van der Waals surface area contributed by atoms with E-state index in [1.807, 2.05) is 49.5 Å². The first kappa shape index (κ1) is 21.5. The van der Waals surface area contributed by atoms with E-state index >= 15 is 0 Å². The van der Waals surface area contributed by atoms with Crippen LogP contribution in [-0.4, -0.2) is 58.7 Å². The lowest BCUT2D eigenvalue weighted by Crippen LogP contribution is -2.38. The van der Waals surface area contributed by atoms with Crippen molar-refractivity contribution in [2.45, 2.75) is 26.2 Å². The van der Waals surface area contributed by atoms with Gasteiger partial charge in [-0.25, -0.2) is 0 Å². The van der Waals surface area contributed by atoms with Crippen LogP contribution >= 0.6 is 0 Å². The molecule has 1 aliphatic heterocycles. The molecule has 3 rings (SSSR count). The van der Waals surface area contributed by atoms with Crippen LogP contribution in [-0.2, 0) is 20.8 Å². The molecule has 2 aromatic rings. The summed E-state index contributed by atoms with van der Waals surface area (Å²) in [5, 5.41) is 0. The van der Waals surface area contributed by atoms with Gasteiger partial charge in [0.1, 0.15) is 0 Å². The molecule has 1 unspecified atom stereocenters. The summed E-state index contributed by atoms with van der Waals surface area (Å²) in [6.07, 6.45) is 4.17. The van der Waals surface area contributed by atoms with Crippen LogP contribution in [0.4, 0.5) is 0 Å². The molecule has 3 amide bonds. The van der Waals surface area contributed by atoms with Crippen molar-refractivity contribution in [1.29, 1.82) is 0 Å². The van der Waals surface area contributed by atoms with E-state index in [1.54, 1.807) is 16.0 Å². The smallest absolute Gasteiger partial charge is 0.227 e. The number of carbonyl (C=O) groups excluding carboxylic acids is 3. The van der Waals surface area contributed by atoms with Gasteiger partial charge in [0.25, 0.3) is 0 Å². The second kappa shape index (κ2) is 10.0. The van der Waals surface area contributed by atoms with Gasteiger partial charge in [-0.15, -0.1) is 0 Å². The number of pyridine rings is 1. The van der Waals surface area contributed by atoms with Crippen LogP contribution in [0.5, 0.6) is 0 Å². The van der Waals surface area contributed by atoms with Gasteiger partial charge in [-0.1, -0.05) is 30.3 Å². The lowest BCUT2D eigenvalue weighted by Gasteiger charge is -2.24. The molecule has 1 aliphatic rings. The largest absolute Gasteiger partial charge is 0.370 e. The molecule has 1 saturated heterocycles. The molecule has 7 nitrogen and oxygen atoms in total. The van der Waals surface area contributed by atoms with Gasteiger partial charge >= 0.3 is 0 Å². The van der Waals surface area contributed by atoms with Gasteiger partial charge < -0.3 is 15.5 Å². The Morgan fingerprint density at radius 3 is 2.63 bits per heavy atom. The summed E-state index contributed by atoms with van der Waals surface area (Å²) in [5.74, 6) is -0.914. The highest BCUT2D eigenvalue weighted by atomic mass is 16.2. The van der Waals surface area contributed by atoms with Crippen LogP contribution in [0.3, 0.4) is 0 Å². The summed E-state index contributed by atoms with van der Waals surface area (Å²) in [6, 6.07) is 11.9. The Morgan fingerprint density at radius 2 is 1.93 bits per heavy atom. The molecule has 0 saturated carbocycles. The predicted octanol–water partition coefficient (Wildman–Crippen LogP) is 1.86. The summed E-state index contributed by atoms with van der Waals surface area (Å²) >= 11 is 0. The molecule has 2 heterocycles. The van der Waals surface area contributed by atoms with Gasteiger partial charge in [-0.3, -0.25) is 19.4 Å². The highest BCUT2D eigenvalue weighted by molar-refractivity contribution is 5.85. The minimum absolute atomic E-state index is 0.0231. The molecule has 158 valence electrons. The molecule has 1 aromatic heterocycles. The molecule has 1 atom stereocenters. The number of aromatic nitrogens is 1. The number of primary amides is 1. The van der Waals surface area contributed by atoms with Crippen molar-refractivity contribution in [3.8, 4) is 11.1 Å². The van der Waals surface area contributed by atoms with Crippen molar-refractivity contribution >= 4 is 17.7 Å². The average molecular weight is 409 g/mol. The van der Waals surface area contributed by atoms with Crippen molar-refractivity contribution in [3.63, 3.8) is 0 Å². The predicted molar refractivity (Wildman–Crippen MR) is 114 cm³/mol. The number of nitrogens with two attached hydrogens (primary N) is 1. The summed E-state index contributed by atoms with van der Waals surface area (Å²) in [4.78, 5) is 44.6. The Morgan fingerprint density at radius 1 is 1.13 bits per heavy atom. The number of benzene rings is 1. The highest BCUT2D eigenvalue weighted by Gasteiger charge is 2.32. The lowest BCUT2D eigenvalue weighted by atomic mass is 9.91. The maximum absolute atomic E-state index is 13.2. The summed E-state index contributed by atoms with van der Waals surface area (Å²) in [6.45, 7) is 3.86. The molecule has 0 spiro atoms. The van der Waals surface area contributed by atoms with Crippen LogP contribution in [0.2, 0.25) is 0 Å². The quantitative estimate of drug-likeness (QED) is 0.756. The van der Waals surface area contributed by atoms with Crippen molar-refractivity contribution < 1.29 is 14.4 Å². The fourth-order valence-corrected chi connectivity index (χ4v) is 3.89. The zero-order chi connectivity index (χ0) is 21.5. The normalized spacial score (nSPS) is 17.0. The Kier molecular flexibility index (Phi) is 7.17. The summed E-state index contributed by atoms with van der Waals surface area (Å²) in [5.41, 5.74) is 8.27. The van der Waals surface area contributed by atoms with E-state index in [9.17, 15) is 14.4 Å². The van der Waals surface area contributed by atoms with Crippen LogP contribution in [0.1, 0.15) is 25.3 Å². The maximum atomic E-state index is 13.2. The standard InChI is InChI=1S/C23H28N4O3/c1-2-26-12-13-27(22(29)10-9-21(24)28)16-19(23(26)30)14-17-6-3-4-8-20(17)18-7-5-11-25-15-18/h3-8,11,15,19H,2,9-10,12-14,16H2,1H3,(H2,24,28). The Labute approximate surface area is 176 Å². The Bertz CT molecular complexity index is 900. The number of nitrogens with zero attached hydrogens (tertiary/aromatic N) is 3. The number of hydrogen-bond acceptors (Lipinski definition) is 4. The third-order valence-electron chi connectivity index (χ3n) is 5.52. The van der Waals surface area contributed by atoms with Gasteiger partial charge in [-0.2, -0.15) is 0 Å². The first-order valence-corrected chi connectivity index (χ1v) is 10.3. The molecular formula is C23H28N4O3. The van der Waals surface area contributed by atoms with Gasteiger partial charge in [0.15, 0.2) is 0 Å². The number of amides is 3. The Hall–Kier alpha value is -3.22. The molecular weight excluding hydrogens is 380 g/mol. The van der Waals surface area contributed by atoms with Gasteiger partial charge in [0.2, 0.25) is 17.7 Å². The number of rotatable bonds is 7. The number of likely N-dealkylation sites (N-methyl/N-ethyl adjacent to an activating group) is 1. The molecule has 1 aromatic carbocycles. The van der Waals surface area contributed by atoms with E-state index in [4.69, 9.17) is 5.73 Å². The average Bonchev–Trinajstić information content (AvgIpc) is 2.92. The van der Waals surface area contributed by atoms with Crippen LogP contribution in [0.15, 0.2) is 48.8 Å². The number of hydrogen-bond donors (Lipinski definition) is 1. The first-order valence-electron chi connectivity index (χ1n) is 10.3. The fraction of sp³-hybridized carbons (Fsp3) is 0.391. The highest BCUT2D eigenvalue weighted by Crippen LogP contribution is 2.27. The van der Waals surface area contributed by atoms with E-state index < -0.39 is 5.91 Å². The molecule has 0 bridgehead atoms. The van der Waals surface area contributed by atoms with Crippen LogP contribution in [0.25, 0.3) is 11.1 Å². The van der Waals surface area contributed by atoms with E-state index in [-0.39, 0.29) is 30.6 Å². The minimum atomic E-state index is -0.494. The third-order valence-corrected chi connectivity index (χ3v) is 5.52. The van der Waals surface area contributed by atoms with Crippen molar-refractivity contribution in [3.05, 3.63) is 54.4 Å². The molecule has 2 N–H and O–H groups in total. The van der Waals surface area contributed by atoms with Crippen molar-refractivity contribution in [2.24, 2.45) is 11.7 Å². The molecule has 0 radical (unpaired) electrons. The zero-order valence-corrected chi connectivity index (χ0v) is 17.3. The van der Waals surface area contributed by atoms with E-state index in [0.29, 0.717) is 32.6 Å². The first-order chi connectivity index (χ1) is 14.5. The zero-order valence-electron chi connectivity index (χ0n) is 17.3.